The summed E-state index contributed by atoms with van der Waals surface area (Å²) in [5, 5.41) is 9.61. The zero-order chi connectivity index (χ0) is 19.3. The van der Waals surface area contributed by atoms with Crippen LogP contribution in [0.1, 0.15) is 42.3 Å². The summed E-state index contributed by atoms with van der Waals surface area (Å²) in [5.41, 5.74) is 1.51. The Morgan fingerprint density at radius 3 is 2.46 bits per heavy atom. The summed E-state index contributed by atoms with van der Waals surface area (Å²) in [6.07, 6.45) is -2.16. The van der Waals surface area contributed by atoms with Gasteiger partial charge in [0.25, 0.3) is 0 Å². The van der Waals surface area contributed by atoms with Crippen LogP contribution >= 0.6 is 0 Å². The van der Waals surface area contributed by atoms with Gasteiger partial charge in [0.05, 0.1) is 6.04 Å². The SMILES string of the molecule is CCc1ccc(C(C)NC(=NC)NCc2cn(C)nc2C(F)(F)F)cc1. The first-order chi connectivity index (χ1) is 12.2. The van der Waals surface area contributed by atoms with Gasteiger partial charge in [-0.2, -0.15) is 18.3 Å². The molecule has 0 fully saturated rings. The number of hydrogen-bond acceptors (Lipinski definition) is 2. The fourth-order valence-corrected chi connectivity index (χ4v) is 2.61. The first-order valence-electron chi connectivity index (χ1n) is 8.40. The largest absolute Gasteiger partial charge is 0.435 e. The summed E-state index contributed by atoms with van der Waals surface area (Å²) < 4.78 is 40.2. The van der Waals surface area contributed by atoms with Crippen molar-refractivity contribution in [3.63, 3.8) is 0 Å². The molecular formula is C18H24F3N5. The lowest BCUT2D eigenvalue weighted by atomic mass is 10.1. The molecule has 0 bridgehead atoms. The molecule has 0 aliphatic rings. The van der Waals surface area contributed by atoms with Gasteiger partial charge in [0.1, 0.15) is 0 Å². The Balaban J connectivity index is 2.02. The van der Waals surface area contributed by atoms with E-state index in [1.807, 2.05) is 19.1 Å². The summed E-state index contributed by atoms with van der Waals surface area (Å²) in [5.74, 6) is 0.425. The van der Waals surface area contributed by atoms with E-state index in [2.05, 4.69) is 39.8 Å². The number of alkyl halides is 3. The number of halogens is 3. The van der Waals surface area contributed by atoms with Crippen LogP contribution in [0, 0.1) is 0 Å². The minimum absolute atomic E-state index is 0.0240. The number of benzene rings is 1. The smallest absolute Gasteiger partial charge is 0.352 e. The molecule has 142 valence electrons. The molecule has 2 N–H and O–H groups in total. The van der Waals surface area contributed by atoms with Crippen LogP contribution in [0.2, 0.25) is 0 Å². The third-order valence-electron chi connectivity index (χ3n) is 4.08. The Hall–Kier alpha value is -2.51. The fourth-order valence-electron chi connectivity index (χ4n) is 2.61. The molecule has 0 aliphatic carbocycles. The highest BCUT2D eigenvalue weighted by Crippen LogP contribution is 2.30. The van der Waals surface area contributed by atoms with Crippen molar-refractivity contribution in [1.29, 1.82) is 0 Å². The second kappa shape index (κ2) is 8.25. The van der Waals surface area contributed by atoms with Gasteiger partial charge in [0, 0.05) is 32.4 Å². The van der Waals surface area contributed by atoms with Gasteiger partial charge in [0.2, 0.25) is 0 Å². The quantitative estimate of drug-likeness (QED) is 0.629. The molecule has 1 aromatic carbocycles. The number of aromatic nitrogens is 2. The van der Waals surface area contributed by atoms with E-state index in [1.165, 1.54) is 18.8 Å². The highest BCUT2D eigenvalue weighted by molar-refractivity contribution is 5.80. The van der Waals surface area contributed by atoms with Crippen molar-refractivity contribution < 1.29 is 13.2 Å². The van der Waals surface area contributed by atoms with Gasteiger partial charge in [0.15, 0.2) is 11.7 Å². The fraction of sp³-hybridized carbons (Fsp3) is 0.444. The van der Waals surface area contributed by atoms with Crippen molar-refractivity contribution >= 4 is 5.96 Å². The number of nitrogens with one attached hydrogen (secondary N) is 2. The van der Waals surface area contributed by atoms with Crippen molar-refractivity contribution in [2.75, 3.05) is 7.05 Å². The van der Waals surface area contributed by atoms with Crippen LogP contribution < -0.4 is 10.6 Å². The molecule has 26 heavy (non-hydrogen) atoms. The summed E-state index contributed by atoms with van der Waals surface area (Å²) >= 11 is 0. The van der Waals surface area contributed by atoms with E-state index in [0.29, 0.717) is 5.96 Å². The number of hydrogen-bond donors (Lipinski definition) is 2. The Morgan fingerprint density at radius 1 is 1.27 bits per heavy atom. The maximum absolute atomic E-state index is 13.0. The van der Waals surface area contributed by atoms with Gasteiger partial charge >= 0.3 is 6.18 Å². The zero-order valence-corrected chi connectivity index (χ0v) is 15.4. The Labute approximate surface area is 151 Å². The molecule has 0 saturated heterocycles. The molecule has 2 aromatic rings. The van der Waals surface area contributed by atoms with Gasteiger partial charge < -0.3 is 10.6 Å². The number of aliphatic imine (C=N–C) groups is 1. The van der Waals surface area contributed by atoms with Gasteiger partial charge in [-0.25, -0.2) is 0 Å². The maximum atomic E-state index is 13.0. The lowest BCUT2D eigenvalue weighted by molar-refractivity contribution is -0.142. The minimum atomic E-state index is -4.48. The van der Waals surface area contributed by atoms with Gasteiger partial charge in [-0.05, 0) is 24.5 Å². The van der Waals surface area contributed by atoms with E-state index in [-0.39, 0.29) is 18.2 Å². The van der Waals surface area contributed by atoms with Crippen molar-refractivity contribution in [3.05, 3.63) is 52.8 Å². The Morgan fingerprint density at radius 2 is 1.92 bits per heavy atom. The number of rotatable bonds is 5. The van der Waals surface area contributed by atoms with E-state index >= 15 is 0 Å². The normalized spacial score (nSPS) is 13.6. The van der Waals surface area contributed by atoms with Crippen LogP contribution in [0.3, 0.4) is 0 Å². The third-order valence-corrected chi connectivity index (χ3v) is 4.08. The van der Waals surface area contributed by atoms with Crippen molar-refractivity contribution in [1.82, 2.24) is 20.4 Å². The lowest BCUT2D eigenvalue weighted by Gasteiger charge is -2.18. The lowest BCUT2D eigenvalue weighted by Crippen LogP contribution is -2.38. The number of aryl methyl sites for hydroxylation is 2. The van der Waals surface area contributed by atoms with Gasteiger partial charge in [-0.1, -0.05) is 31.2 Å². The van der Waals surface area contributed by atoms with E-state index < -0.39 is 11.9 Å². The molecule has 8 heteroatoms. The first kappa shape index (κ1) is 19.8. The van der Waals surface area contributed by atoms with Crippen molar-refractivity contribution in [2.45, 2.75) is 39.0 Å². The molecule has 1 aromatic heterocycles. The van der Waals surface area contributed by atoms with E-state index in [0.717, 1.165) is 16.7 Å². The molecule has 1 atom stereocenters. The maximum Gasteiger partial charge on any atom is 0.435 e. The third kappa shape index (κ3) is 5.00. The van der Waals surface area contributed by atoms with E-state index in [9.17, 15) is 13.2 Å². The van der Waals surface area contributed by atoms with Gasteiger partial charge in [-0.15, -0.1) is 0 Å². The van der Waals surface area contributed by atoms with Crippen LogP contribution in [-0.4, -0.2) is 22.8 Å². The molecule has 1 heterocycles. The monoisotopic (exact) mass is 367 g/mol. The molecule has 0 radical (unpaired) electrons. The van der Waals surface area contributed by atoms with Crippen LogP contribution in [0.5, 0.6) is 0 Å². The number of nitrogens with zero attached hydrogens (tertiary/aromatic N) is 3. The molecular weight excluding hydrogens is 343 g/mol. The molecule has 0 saturated carbocycles. The average molecular weight is 367 g/mol. The summed E-state index contributed by atoms with van der Waals surface area (Å²) in [6, 6.07) is 8.16. The Kier molecular flexibility index (Phi) is 6.28. The standard InChI is InChI=1S/C18H24F3N5/c1-5-13-6-8-14(9-7-13)12(2)24-17(22-3)23-10-15-11-26(4)25-16(15)18(19,20)21/h6-9,11-12H,5,10H2,1-4H3,(H2,22,23,24). The second-order valence-electron chi connectivity index (χ2n) is 6.06. The summed E-state index contributed by atoms with van der Waals surface area (Å²) in [4.78, 5) is 4.09. The van der Waals surface area contributed by atoms with Crippen molar-refractivity contribution in [3.8, 4) is 0 Å². The highest BCUT2D eigenvalue weighted by atomic mass is 19.4. The number of guanidine groups is 1. The zero-order valence-electron chi connectivity index (χ0n) is 15.4. The van der Waals surface area contributed by atoms with Crippen molar-refractivity contribution in [2.24, 2.45) is 12.0 Å². The van der Waals surface area contributed by atoms with Gasteiger partial charge in [-0.3, -0.25) is 9.67 Å². The van der Waals surface area contributed by atoms with Crippen LogP contribution in [0.25, 0.3) is 0 Å². The molecule has 0 amide bonds. The first-order valence-corrected chi connectivity index (χ1v) is 8.40. The minimum Gasteiger partial charge on any atom is -0.352 e. The highest BCUT2D eigenvalue weighted by Gasteiger charge is 2.36. The van der Waals surface area contributed by atoms with Crippen LogP contribution in [0.15, 0.2) is 35.5 Å². The van der Waals surface area contributed by atoms with E-state index in [1.54, 1.807) is 7.05 Å². The molecule has 5 nitrogen and oxygen atoms in total. The molecule has 0 spiro atoms. The summed E-state index contributed by atoms with van der Waals surface area (Å²) in [6.45, 7) is 4.04. The van der Waals surface area contributed by atoms with Crippen LogP contribution in [-0.2, 0) is 26.2 Å². The van der Waals surface area contributed by atoms with E-state index in [4.69, 9.17) is 0 Å². The molecule has 0 aliphatic heterocycles. The molecule has 2 rings (SSSR count). The second-order valence-corrected chi connectivity index (χ2v) is 6.06. The molecule has 1 unspecified atom stereocenters. The predicted octanol–water partition coefficient (Wildman–Crippen LogP) is 3.43. The van der Waals surface area contributed by atoms with Crippen LogP contribution in [0.4, 0.5) is 13.2 Å². The summed E-state index contributed by atoms with van der Waals surface area (Å²) in [7, 11) is 3.05. The topological polar surface area (TPSA) is 54.2 Å². The predicted molar refractivity (Wildman–Crippen MR) is 95.8 cm³/mol. The average Bonchev–Trinajstić information content (AvgIpc) is 2.99. The Bertz CT molecular complexity index is 747.